The van der Waals surface area contributed by atoms with Crippen molar-refractivity contribution in [3.05, 3.63) is 93.2 Å². The molecule has 0 bridgehead atoms. The largest absolute Gasteiger partial charge is 0.435 e. The first-order chi connectivity index (χ1) is 24.8. The molecule has 4 heterocycles. The molecule has 0 saturated heterocycles. The van der Waals surface area contributed by atoms with Gasteiger partial charge >= 0.3 is 12.1 Å². The van der Waals surface area contributed by atoms with E-state index in [1.165, 1.54) is 36.4 Å². The second-order valence-electron chi connectivity index (χ2n) is 13.0. The van der Waals surface area contributed by atoms with Gasteiger partial charge in [-0.1, -0.05) is 29.4 Å². The summed E-state index contributed by atoms with van der Waals surface area (Å²) in [6.45, 7) is 1.74. The van der Waals surface area contributed by atoms with Crippen LogP contribution in [0, 0.1) is 41.2 Å². The molecule has 1 aromatic carbocycles. The molecule has 4 aromatic heterocycles. The van der Waals surface area contributed by atoms with Crippen LogP contribution in [0.1, 0.15) is 59.7 Å². The van der Waals surface area contributed by atoms with Gasteiger partial charge in [0, 0.05) is 22.8 Å². The van der Waals surface area contributed by atoms with Crippen molar-refractivity contribution in [2.24, 2.45) is 5.92 Å². The van der Waals surface area contributed by atoms with Crippen LogP contribution in [0.25, 0.3) is 16.8 Å². The first-order valence-electron chi connectivity index (χ1n) is 15.7. The fraction of sp³-hybridized carbons (Fsp3) is 0.286. The smallest absolute Gasteiger partial charge is 0.378 e. The van der Waals surface area contributed by atoms with Crippen molar-refractivity contribution in [3.63, 3.8) is 0 Å². The molecule has 4 N–H and O–H groups in total. The number of nitrogens with one attached hydrogen (secondary N) is 1. The maximum atomic E-state index is 15.4. The summed E-state index contributed by atoms with van der Waals surface area (Å²) in [6, 6.07) is 7.27. The number of nitrogens with two attached hydrogens (primary N) is 1. The van der Waals surface area contributed by atoms with Crippen molar-refractivity contribution in [3.8, 4) is 34.8 Å². The molecule has 0 fully saturated rings. The maximum absolute atomic E-state index is 15.4. The van der Waals surface area contributed by atoms with E-state index in [1.807, 2.05) is 0 Å². The number of nitrogen functional groups attached to an aromatic ring is 1. The molecule has 10 nitrogen and oxygen atoms in total. The summed E-state index contributed by atoms with van der Waals surface area (Å²) in [4.78, 5) is 18.4. The van der Waals surface area contributed by atoms with Crippen LogP contribution in [0.3, 0.4) is 0 Å². The number of aromatic nitrogens is 6. The number of halogens is 8. The second-order valence-corrected chi connectivity index (χ2v) is 13.3. The van der Waals surface area contributed by atoms with Crippen LogP contribution in [0.4, 0.5) is 36.7 Å². The molecule has 0 radical (unpaired) electrons. The molecule has 0 spiro atoms. The molecule has 7 rings (SSSR count). The van der Waals surface area contributed by atoms with E-state index in [4.69, 9.17) is 17.3 Å². The van der Waals surface area contributed by atoms with Crippen molar-refractivity contribution in [1.29, 1.82) is 0 Å². The number of benzene rings is 1. The van der Waals surface area contributed by atoms with E-state index in [0.29, 0.717) is 16.3 Å². The Morgan fingerprint density at radius 3 is 2.43 bits per heavy atom. The number of anilines is 1. The number of hydrogen-bond donors (Lipinski definition) is 3. The number of pyridine rings is 2. The molecule has 0 unspecified atom stereocenters. The van der Waals surface area contributed by atoms with Gasteiger partial charge in [-0.2, -0.15) is 27.1 Å². The first-order valence-corrected chi connectivity index (χ1v) is 16.1. The van der Waals surface area contributed by atoms with Gasteiger partial charge in [0.1, 0.15) is 46.2 Å². The molecule has 18 heteroatoms. The molecule has 5 aromatic rings. The predicted molar refractivity (Wildman–Crippen MR) is 175 cm³/mol. The highest BCUT2D eigenvalue weighted by atomic mass is 35.5. The minimum Gasteiger partial charge on any atom is -0.378 e. The lowest BCUT2D eigenvalue weighted by molar-refractivity contribution is -0.142. The van der Waals surface area contributed by atoms with E-state index in [2.05, 4.69) is 49.3 Å². The molecule has 0 saturated carbocycles. The Balaban J connectivity index is 1.36. The Morgan fingerprint density at radius 2 is 1.79 bits per heavy atom. The van der Waals surface area contributed by atoms with Crippen LogP contribution in [-0.2, 0) is 29.9 Å². The normalized spacial score (nSPS) is 17.6. The van der Waals surface area contributed by atoms with Crippen LogP contribution < -0.4 is 11.1 Å². The van der Waals surface area contributed by atoms with Gasteiger partial charge in [0.05, 0.1) is 17.7 Å². The lowest BCUT2D eigenvalue weighted by atomic mass is 9.84. The Morgan fingerprint density at radius 1 is 1.09 bits per heavy atom. The average Bonchev–Trinajstić information content (AvgIpc) is 3.64. The summed E-state index contributed by atoms with van der Waals surface area (Å²) in [7, 11) is 0. The zero-order valence-corrected chi connectivity index (χ0v) is 28.1. The molecule has 1 amide bonds. The van der Waals surface area contributed by atoms with Crippen molar-refractivity contribution in [1.82, 2.24) is 34.7 Å². The van der Waals surface area contributed by atoms with Gasteiger partial charge in [0.2, 0.25) is 11.9 Å². The fourth-order valence-corrected chi connectivity index (χ4v) is 6.62. The number of rotatable bonds is 7. The number of carbonyl (C=O) groups excluding carboxylic acids is 1. The van der Waals surface area contributed by atoms with Crippen LogP contribution in [0.5, 0.6) is 0 Å². The molecule has 0 aliphatic heterocycles. The standard InChI is InChI=1S/C35H24ClF7N8O2/c1-33(2,53)10-9-19-3-4-20(21-6-8-25(36)51-31(21)47-48-32(51)44)28(45-19)24(13-16-11-17(37)14-18(38)12-16)46-26(52)15-50-30-27(29(49-50)35(41,42)43)22-5-7-23(22)34(30,39)40/h3-4,6,8,11-12,14,22-24,53H,13,15H2,1-2H3,(H2,44,48)(H,46,52)/t22-,23+,24-/m0/s1. The monoisotopic (exact) mass is 756 g/mol. The van der Waals surface area contributed by atoms with E-state index in [0.717, 1.165) is 12.1 Å². The number of fused-ring (bicyclic) bond motifs is 4. The first kappa shape index (κ1) is 35.7. The minimum atomic E-state index is -5.13. The van der Waals surface area contributed by atoms with Gasteiger partial charge in [0.15, 0.2) is 11.3 Å². The maximum Gasteiger partial charge on any atom is 0.435 e. The van der Waals surface area contributed by atoms with Crippen LogP contribution in [0.15, 0.2) is 42.5 Å². The van der Waals surface area contributed by atoms with Crippen molar-refractivity contribution in [2.45, 2.75) is 56.5 Å². The van der Waals surface area contributed by atoms with Gasteiger partial charge in [0.25, 0.3) is 0 Å². The summed E-state index contributed by atoms with van der Waals surface area (Å²) in [6.07, 6.45) is -5.50. The number of nitrogens with zero attached hydrogens (tertiary/aromatic N) is 6. The molecular formula is C35H24ClF7N8O2. The second kappa shape index (κ2) is 12.5. The van der Waals surface area contributed by atoms with Crippen LogP contribution >= 0.6 is 11.6 Å². The number of alkyl halides is 5. The van der Waals surface area contributed by atoms with Crippen LogP contribution in [-0.4, -0.2) is 46.0 Å². The number of aliphatic hydroxyl groups is 1. The minimum absolute atomic E-state index is 0.00481. The third-order valence-electron chi connectivity index (χ3n) is 8.56. The fourth-order valence-electron chi connectivity index (χ4n) is 6.39. The van der Waals surface area contributed by atoms with E-state index < -0.39 is 76.6 Å². The molecule has 3 atom stereocenters. The Hall–Kier alpha value is -5.65. The Bertz CT molecular complexity index is 2450. The zero-order valence-electron chi connectivity index (χ0n) is 27.3. The Kier molecular flexibility index (Phi) is 8.42. The summed E-state index contributed by atoms with van der Waals surface area (Å²) < 4.78 is 103. The van der Waals surface area contributed by atoms with Gasteiger partial charge < -0.3 is 16.2 Å². The third-order valence-corrected chi connectivity index (χ3v) is 8.86. The van der Waals surface area contributed by atoms with Gasteiger partial charge in [-0.15, -0.1) is 10.2 Å². The summed E-state index contributed by atoms with van der Waals surface area (Å²) in [5.74, 6) is -0.153. The Labute approximate surface area is 300 Å². The number of carbonyl (C=O) groups is 1. The van der Waals surface area contributed by atoms with Gasteiger partial charge in [-0.05, 0) is 68.2 Å². The van der Waals surface area contributed by atoms with E-state index in [9.17, 15) is 31.9 Å². The lowest BCUT2D eigenvalue weighted by Gasteiger charge is -2.24. The highest BCUT2D eigenvalue weighted by Crippen LogP contribution is 2.58. The molecule has 272 valence electrons. The predicted octanol–water partition coefficient (Wildman–Crippen LogP) is 5.57. The topological polar surface area (TPSA) is 136 Å². The molecule has 53 heavy (non-hydrogen) atoms. The van der Waals surface area contributed by atoms with E-state index in [1.54, 1.807) is 6.07 Å². The van der Waals surface area contributed by atoms with Crippen molar-refractivity contribution >= 4 is 29.1 Å². The van der Waals surface area contributed by atoms with Gasteiger partial charge in [-0.3, -0.25) is 13.9 Å². The lowest BCUT2D eigenvalue weighted by Crippen LogP contribution is -2.36. The molecule has 2 aliphatic rings. The SMILES string of the molecule is CC(C)(O)C#Cc1ccc(-c2ccc(Cl)n3c(N)nnc23)c([C@H](Cc2cc(F)cc(F)c2)NC(=O)Cn2nc(C(F)(F)F)c3c2C(F)(F)[C@@H]2C#C[C@H]32)n1. The summed E-state index contributed by atoms with van der Waals surface area (Å²) in [5.41, 5.74) is 1.84. The van der Waals surface area contributed by atoms with E-state index in [-0.39, 0.29) is 45.7 Å². The average molecular weight is 757 g/mol. The summed E-state index contributed by atoms with van der Waals surface area (Å²) >= 11 is 6.35. The van der Waals surface area contributed by atoms with Crippen LogP contribution in [0.2, 0.25) is 5.15 Å². The van der Waals surface area contributed by atoms with Crippen molar-refractivity contribution < 1.29 is 40.6 Å². The molecular weight excluding hydrogens is 733 g/mol. The highest BCUT2D eigenvalue weighted by Gasteiger charge is 2.62. The van der Waals surface area contributed by atoms with Gasteiger partial charge in [-0.25, -0.2) is 13.8 Å². The number of hydrogen-bond acceptors (Lipinski definition) is 7. The van der Waals surface area contributed by atoms with Crippen molar-refractivity contribution in [2.75, 3.05) is 5.73 Å². The van der Waals surface area contributed by atoms with E-state index >= 15 is 8.78 Å². The number of amides is 1. The quantitative estimate of drug-likeness (QED) is 0.112. The summed E-state index contributed by atoms with van der Waals surface area (Å²) in [5, 5.41) is 24.3. The highest BCUT2D eigenvalue weighted by molar-refractivity contribution is 6.30. The zero-order chi connectivity index (χ0) is 38.2. The third kappa shape index (κ3) is 6.51. The molecule has 2 aliphatic carbocycles.